The Morgan fingerprint density at radius 2 is 1.94 bits per heavy atom. The maximum Gasteiger partial charge on any atom is 0.311 e. The van der Waals surface area contributed by atoms with Crippen molar-refractivity contribution in [3.05, 3.63) is 82.4 Å². The molecule has 0 aliphatic heterocycles. The Hall–Kier alpha value is -3.89. The molecule has 0 aliphatic rings. The molecule has 10 heteroatoms. The Bertz CT molecular complexity index is 1320. The number of benzene rings is 3. The zero-order valence-electron chi connectivity index (χ0n) is 16.7. The molecule has 0 saturated carbocycles. The van der Waals surface area contributed by atoms with Crippen molar-refractivity contribution < 1.29 is 14.5 Å². The largest absolute Gasteiger partial charge is 0.490 e. The molecule has 8 nitrogen and oxygen atoms in total. The van der Waals surface area contributed by atoms with E-state index in [1.807, 2.05) is 48.5 Å². The SMILES string of the molecule is COc1ccc(C(=O)NC(=S)Nc2cccc(-c3nc4ccccc4s3)c2)cc1[N+](=O)[O-]. The van der Waals surface area contributed by atoms with Crippen molar-refractivity contribution in [1.29, 1.82) is 0 Å². The van der Waals surface area contributed by atoms with Gasteiger partial charge in [0.1, 0.15) is 5.01 Å². The lowest BCUT2D eigenvalue weighted by Gasteiger charge is -2.11. The zero-order chi connectivity index (χ0) is 22.7. The number of carbonyl (C=O) groups is 1. The van der Waals surface area contributed by atoms with E-state index in [1.54, 1.807) is 11.3 Å². The van der Waals surface area contributed by atoms with Gasteiger partial charge in [0.15, 0.2) is 10.9 Å². The molecule has 0 saturated heterocycles. The number of fused-ring (bicyclic) bond motifs is 1. The van der Waals surface area contributed by atoms with Crippen LogP contribution in [0.25, 0.3) is 20.8 Å². The number of rotatable bonds is 5. The number of carbonyl (C=O) groups excluding carboxylic acids is 1. The van der Waals surface area contributed by atoms with Crippen molar-refractivity contribution in [3.8, 4) is 16.3 Å². The van der Waals surface area contributed by atoms with Crippen LogP contribution < -0.4 is 15.4 Å². The first kappa shape index (κ1) is 21.3. The van der Waals surface area contributed by atoms with E-state index in [0.717, 1.165) is 26.9 Å². The van der Waals surface area contributed by atoms with Crippen LogP contribution in [0, 0.1) is 10.1 Å². The smallest absolute Gasteiger partial charge is 0.311 e. The second-order valence-corrected chi connectivity index (χ2v) is 8.06. The lowest BCUT2D eigenvalue weighted by Crippen LogP contribution is -2.34. The molecule has 1 aromatic heterocycles. The van der Waals surface area contributed by atoms with Gasteiger partial charge in [-0.05, 0) is 48.6 Å². The fourth-order valence-electron chi connectivity index (χ4n) is 3.04. The van der Waals surface area contributed by atoms with E-state index in [4.69, 9.17) is 17.0 Å². The maximum atomic E-state index is 12.5. The van der Waals surface area contributed by atoms with E-state index in [2.05, 4.69) is 15.6 Å². The van der Waals surface area contributed by atoms with Crippen LogP contribution in [0.3, 0.4) is 0 Å². The van der Waals surface area contributed by atoms with E-state index in [-0.39, 0.29) is 22.1 Å². The molecule has 0 aliphatic carbocycles. The fourth-order valence-corrected chi connectivity index (χ4v) is 4.21. The van der Waals surface area contributed by atoms with Gasteiger partial charge in [-0.25, -0.2) is 4.98 Å². The van der Waals surface area contributed by atoms with E-state index < -0.39 is 10.8 Å². The van der Waals surface area contributed by atoms with Gasteiger partial charge in [-0.15, -0.1) is 11.3 Å². The number of amides is 1. The first-order chi connectivity index (χ1) is 15.4. The molecule has 0 bridgehead atoms. The highest BCUT2D eigenvalue weighted by molar-refractivity contribution is 7.80. The Morgan fingerprint density at radius 1 is 1.12 bits per heavy atom. The minimum absolute atomic E-state index is 0.0647. The van der Waals surface area contributed by atoms with E-state index in [0.29, 0.717) is 5.69 Å². The summed E-state index contributed by atoms with van der Waals surface area (Å²) >= 11 is 6.83. The first-order valence-electron chi connectivity index (χ1n) is 9.35. The predicted molar refractivity (Wildman–Crippen MR) is 128 cm³/mol. The Morgan fingerprint density at radius 3 is 2.69 bits per heavy atom. The summed E-state index contributed by atoms with van der Waals surface area (Å²) in [5.41, 5.74) is 2.30. The summed E-state index contributed by atoms with van der Waals surface area (Å²) in [7, 11) is 1.32. The van der Waals surface area contributed by atoms with Crippen LogP contribution in [-0.4, -0.2) is 28.0 Å². The Labute approximate surface area is 192 Å². The summed E-state index contributed by atoms with van der Waals surface area (Å²) in [4.78, 5) is 27.7. The third-order valence-corrected chi connectivity index (χ3v) is 5.82. The van der Waals surface area contributed by atoms with Gasteiger partial charge in [-0.3, -0.25) is 20.2 Å². The topological polar surface area (TPSA) is 106 Å². The molecular weight excluding hydrogens is 448 g/mol. The van der Waals surface area contributed by atoms with Gasteiger partial charge in [0.2, 0.25) is 0 Å². The maximum absolute atomic E-state index is 12.5. The predicted octanol–water partition coefficient (Wildman–Crippen LogP) is 5.01. The molecule has 4 rings (SSSR count). The summed E-state index contributed by atoms with van der Waals surface area (Å²) in [6.45, 7) is 0. The number of thiazole rings is 1. The van der Waals surface area contributed by atoms with Gasteiger partial charge >= 0.3 is 5.69 Å². The van der Waals surface area contributed by atoms with Crippen molar-refractivity contribution in [3.63, 3.8) is 0 Å². The van der Waals surface area contributed by atoms with Gasteiger partial charge in [-0.2, -0.15) is 0 Å². The number of nitrogens with zero attached hydrogens (tertiary/aromatic N) is 2. The summed E-state index contributed by atoms with van der Waals surface area (Å²) in [5, 5.41) is 17.6. The summed E-state index contributed by atoms with van der Waals surface area (Å²) in [5.74, 6) is -0.505. The fraction of sp³-hybridized carbons (Fsp3) is 0.0455. The van der Waals surface area contributed by atoms with Crippen molar-refractivity contribution in [2.45, 2.75) is 0 Å². The number of ether oxygens (including phenoxy) is 1. The van der Waals surface area contributed by atoms with Crippen LogP contribution in [0.5, 0.6) is 5.75 Å². The molecule has 3 aromatic carbocycles. The number of methoxy groups -OCH3 is 1. The first-order valence-corrected chi connectivity index (χ1v) is 10.6. The number of nitro groups is 1. The minimum Gasteiger partial charge on any atom is -0.490 e. The molecule has 0 spiro atoms. The number of hydrogen-bond acceptors (Lipinski definition) is 7. The van der Waals surface area contributed by atoms with Gasteiger partial charge in [0.05, 0.1) is 22.2 Å². The average Bonchev–Trinajstić information content (AvgIpc) is 3.23. The molecule has 1 amide bonds. The van der Waals surface area contributed by atoms with Gasteiger partial charge < -0.3 is 10.1 Å². The van der Waals surface area contributed by atoms with Crippen LogP contribution in [0.4, 0.5) is 11.4 Å². The van der Waals surface area contributed by atoms with E-state index in [1.165, 1.54) is 19.2 Å². The minimum atomic E-state index is -0.611. The highest BCUT2D eigenvalue weighted by atomic mass is 32.1. The molecule has 160 valence electrons. The number of thiocarbonyl (C=S) groups is 1. The number of anilines is 1. The van der Waals surface area contributed by atoms with Crippen molar-refractivity contribution in [1.82, 2.24) is 10.3 Å². The second kappa shape index (κ2) is 9.08. The normalized spacial score (nSPS) is 10.5. The average molecular weight is 465 g/mol. The van der Waals surface area contributed by atoms with E-state index >= 15 is 0 Å². The molecule has 2 N–H and O–H groups in total. The van der Waals surface area contributed by atoms with Gasteiger partial charge in [-0.1, -0.05) is 24.3 Å². The molecule has 32 heavy (non-hydrogen) atoms. The highest BCUT2D eigenvalue weighted by Crippen LogP contribution is 2.31. The number of nitro benzene ring substituents is 1. The molecule has 1 heterocycles. The Kier molecular flexibility index (Phi) is 6.06. The summed E-state index contributed by atoms with van der Waals surface area (Å²) in [6, 6.07) is 19.3. The standard InChI is InChI=1S/C22H16N4O4S2/c1-30-18-10-9-13(12-17(18)26(28)29)20(27)25-22(31)23-15-6-4-5-14(11-15)21-24-16-7-2-3-8-19(16)32-21/h2-12H,1H3,(H2,23,25,27,31). The van der Waals surface area contributed by atoms with Crippen LogP contribution in [0.2, 0.25) is 0 Å². The third kappa shape index (κ3) is 4.56. The van der Waals surface area contributed by atoms with Crippen molar-refractivity contribution in [2.75, 3.05) is 12.4 Å². The van der Waals surface area contributed by atoms with Gasteiger partial charge in [0, 0.05) is 22.9 Å². The van der Waals surface area contributed by atoms with Crippen LogP contribution in [-0.2, 0) is 0 Å². The number of nitrogens with one attached hydrogen (secondary N) is 2. The highest BCUT2D eigenvalue weighted by Gasteiger charge is 2.19. The molecule has 0 fully saturated rings. The quantitative estimate of drug-likeness (QED) is 0.243. The molecule has 0 unspecified atom stereocenters. The van der Waals surface area contributed by atoms with Crippen LogP contribution >= 0.6 is 23.6 Å². The molecule has 0 radical (unpaired) electrons. The molecule has 0 atom stereocenters. The summed E-state index contributed by atoms with van der Waals surface area (Å²) < 4.78 is 6.05. The number of hydrogen-bond donors (Lipinski definition) is 2. The number of aromatic nitrogens is 1. The van der Waals surface area contributed by atoms with Gasteiger partial charge in [0.25, 0.3) is 5.91 Å². The summed E-state index contributed by atoms with van der Waals surface area (Å²) in [6.07, 6.45) is 0. The lowest BCUT2D eigenvalue weighted by atomic mass is 10.1. The lowest BCUT2D eigenvalue weighted by molar-refractivity contribution is -0.385. The monoisotopic (exact) mass is 464 g/mol. The zero-order valence-corrected chi connectivity index (χ0v) is 18.3. The molecule has 4 aromatic rings. The van der Waals surface area contributed by atoms with Crippen LogP contribution in [0.1, 0.15) is 10.4 Å². The van der Waals surface area contributed by atoms with Crippen molar-refractivity contribution in [2.24, 2.45) is 0 Å². The number of para-hydroxylation sites is 1. The van der Waals surface area contributed by atoms with E-state index in [9.17, 15) is 14.9 Å². The Balaban J connectivity index is 1.47. The van der Waals surface area contributed by atoms with Crippen LogP contribution in [0.15, 0.2) is 66.7 Å². The van der Waals surface area contributed by atoms with Crippen molar-refractivity contribution >= 4 is 56.2 Å². The molecular formula is C22H16N4O4S2. The third-order valence-electron chi connectivity index (χ3n) is 4.53. The second-order valence-electron chi connectivity index (χ2n) is 6.62.